The number of phenols is 1. The van der Waals surface area contributed by atoms with E-state index < -0.39 is 39.9 Å². The van der Waals surface area contributed by atoms with Crippen molar-refractivity contribution in [3.8, 4) is 28.7 Å². The zero-order valence-corrected chi connectivity index (χ0v) is 49.7. The second-order valence-corrected chi connectivity index (χ2v) is 24.3. The number of nitrogens with one attached hydrogen (secondary N) is 4. The normalized spacial score (nSPS) is 15.3. The Balaban J connectivity index is 0.000000224. The van der Waals surface area contributed by atoms with E-state index in [2.05, 4.69) is 44.8 Å². The van der Waals surface area contributed by atoms with Crippen molar-refractivity contribution in [1.82, 2.24) is 40.5 Å². The van der Waals surface area contributed by atoms with Crippen LogP contribution in [0.15, 0.2) is 108 Å². The van der Waals surface area contributed by atoms with Gasteiger partial charge in [-0.3, -0.25) is 19.2 Å². The second kappa shape index (κ2) is 29.1. The maximum Gasteiger partial charge on any atom is 0.321 e. The van der Waals surface area contributed by atoms with Gasteiger partial charge in [0.15, 0.2) is 21.3 Å². The van der Waals surface area contributed by atoms with Crippen LogP contribution in [0.1, 0.15) is 73.7 Å². The van der Waals surface area contributed by atoms with E-state index >= 15 is 0 Å². The lowest BCUT2D eigenvalue weighted by Crippen LogP contribution is -2.46. The zero-order chi connectivity index (χ0) is 60.0. The molecule has 5 N–H and O–H groups in total. The molecular weight excluding hydrogens is 1150 g/mol. The molecule has 450 valence electrons. The molecule has 0 bridgehead atoms. The number of H-pyrrole nitrogens is 1. The van der Waals surface area contributed by atoms with Gasteiger partial charge in [0.05, 0.1) is 59.3 Å². The molecule has 2 aromatic heterocycles. The van der Waals surface area contributed by atoms with Gasteiger partial charge in [-0.15, -0.1) is 0 Å². The first-order chi connectivity index (χ1) is 40.3. The van der Waals surface area contributed by atoms with Crippen LogP contribution in [0.2, 0.25) is 5.02 Å². The van der Waals surface area contributed by atoms with Gasteiger partial charge in [-0.05, 0) is 129 Å². The number of ether oxygens (including phenoxy) is 4. The molecular formula is C60H71ClF2N8O11S2. The average molecular weight is 1220 g/mol. The summed E-state index contributed by atoms with van der Waals surface area (Å²) in [6.07, 6.45) is 2.97. The molecule has 4 heterocycles. The maximum atomic E-state index is 13.8. The number of thiazole rings is 1. The van der Waals surface area contributed by atoms with Crippen LogP contribution in [0.3, 0.4) is 0 Å². The number of aromatic amines is 1. The van der Waals surface area contributed by atoms with E-state index in [1.165, 1.54) is 0 Å². The van der Waals surface area contributed by atoms with Crippen molar-refractivity contribution >= 4 is 71.6 Å². The van der Waals surface area contributed by atoms with Gasteiger partial charge >= 0.3 is 10.8 Å². The van der Waals surface area contributed by atoms with Crippen LogP contribution in [-0.4, -0.2) is 158 Å². The number of halogens is 3. The number of aromatic nitrogens is 3. The lowest BCUT2D eigenvalue weighted by molar-refractivity contribution is -0.144. The lowest BCUT2D eigenvalue weighted by Gasteiger charge is -2.28. The van der Waals surface area contributed by atoms with Gasteiger partial charge < -0.3 is 54.8 Å². The molecule has 3 amide bonds. The monoisotopic (exact) mass is 1220 g/mol. The molecule has 84 heavy (non-hydrogen) atoms. The van der Waals surface area contributed by atoms with Crippen molar-refractivity contribution in [3.05, 3.63) is 140 Å². The van der Waals surface area contributed by atoms with Gasteiger partial charge in [-0.25, -0.2) is 13.1 Å². The van der Waals surface area contributed by atoms with E-state index in [0.29, 0.717) is 128 Å². The van der Waals surface area contributed by atoms with Crippen molar-refractivity contribution in [3.63, 3.8) is 0 Å². The summed E-state index contributed by atoms with van der Waals surface area (Å²) < 4.78 is 76.9. The van der Waals surface area contributed by atoms with Crippen molar-refractivity contribution < 1.29 is 55.6 Å². The number of hydrogen-bond donors (Lipinski definition) is 5. The van der Waals surface area contributed by atoms with Gasteiger partial charge in [0.1, 0.15) is 36.3 Å². The Hall–Kier alpha value is -7.15. The number of alkyl halides is 2. The van der Waals surface area contributed by atoms with Crippen molar-refractivity contribution in [2.75, 3.05) is 83.7 Å². The van der Waals surface area contributed by atoms with Gasteiger partial charge in [0, 0.05) is 55.1 Å². The van der Waals surface area contributed by atoms with Crippen LogP contribution in [0.25, 0.3) is 26.8 Å². The Labute approximate surface area is 495 Å². The number of sulfone groups is 1. The number of rotatable bonds is 26. The van der Waals surface area contributed by atoms with E-state index in [0.717, 1.165) is 59.6 Å². The third kappa shape index (κ3) is 17.2. The van der Waals surface area contributed by atoms with Crippen molar-refractivity contribution in [2.24, 2.45) is 0 Å². The Morgan fingerprint density at radius 2 is 1.73 bits per heavy atom. The van der Waals surface area contributed by atoms with Gasteiger partial charge in [-0.1, -0.05) is 67.1 Å². The number of aromatic hydroxyl groups is 1. The van der Waals surface area contributed by atoms with Crippen LogP contribution < -0.4 is 35.0 Å². The predicted octanol–water partition coefficient (Wildman–Crippen LogP) is 7.89. The van der Waals surface area contributed by atoms with Crippen LogP contribution in [0, 0.1) is 0 Å². The number of phenolic OH excluding ortho intramolecular Hbond substituents is 1. The second-order valence-electron chi connectivity index (χ2n) is 20.6. The molecule has 2 aliphatic heterocycles. The molecule has 19 nitrogen and oxygen atoms in total. The maximum absolute atomic E-state index is 13.8. The predicted molar refractivity (Wildman–Crippen MR) is 320 cm³/mol. The minimum absolute atomic E-state index is 0.0582. The fourth-order valence-electron chi connectivity index (χ4n) is 9.80. The molecule has 0 saturated carbocycles. The molecule has 1 fully saturated rings. The Morgan fingerprint density at radius 1 is 0.940 bits per heavy atom. The standard InChI is InChI=1S/C32H32F2N4O7S.C28H39ClN4O4S/c1-19(36-31(40)32(2,33)34)29(20-6-9-27-28(16-20)44-12-11-43-27)45-25-7-8-26-22(15-25)17-35-38(26)24-5-3-4-21(14-24)30(39)37-23-10-13-46(41,42)18-23;1-3-32(4-2)16-17-33(25(35)12-19-37-18-11-21-6-5-7-23(29)20-21)15-14-30-13-10-22-8-9-24(34)26-27(22)38-28(36)31-26/h3-9,14-17,19,23,29H,10-13,18H2,1-2H3,(H,36,40)(H,37,39);5-9,20,30,34H,3-4,10-19H2,1-2H3,(H,31,36)/t19-,23+,29-;/m0./s1. The minimum Gasteiger partial charge on any atom is -0.506 e. The third-order valence-electron chi connectivity index (χ3n) is 14.4. The molecule has 0 radical (unpaired) electrons. The Morgan fingerprint density at radius 3 is 2.48 bits per heavy atom. The number of likely N-dealkylation sites (N-methyl/N-ethyl adjacent to an activating group) is 1. The first-order valence-corrected chi connectivity index (χ1v) is 31.0. The molecule has 7 aromatic rings. The molecule has 2 aliphatic rings. The molecule has 1 saturated heterocycles. The summed E-state index contributed by atoms with van der Waals surface area (Å²) >= 11 is 7.15. The lowest BCUT2D eigenvalue weighted by atomic mass is 10.0. The van der Waals surface area contributed by atoms with E-state index in [9.17, 15) is 41.5 Å². The van der Waals surface area contributed by atoms with E-state index in [4.69, 9.17) is 30.5 Å². The number of amides is 3. The molecule has 0 unspecified atom stereocenters. The van der Waals surface area contributed by atoms with Gasteiger partial charge in [0.25, 0.3) is 11.8 Å². The topological polar surface area (TPSA) is 236 Å². The summed E-state index contributed by atoms with van der Waals surface area (Å²) in [5.41, 5.74) is 4.89. The summed E-state index contributed by atoms with van der Waals surface area (Å²) in [5.74, 6) is -3.77. The largest absolute Gasteiger partial charge is 0.506 e. The number of hydrogen-bond acceptors (Lipinski definition) is 15. The number of fused-ring (bicyclic) bond motifs is 3. The SMILES string of the molecule is CCN(CC)CCN(CCNCCc1ccc(O)c2[nH]c(=O)sc12)C(=O)CCOCCc1cccc(Cl)c1.C[C@H](NC(=O)C(C)(F)F)[C@H](Oc1ccc2c(cnn2-c2cccc(C(=O)N[C@@H]3CCS(=O)(=O)C3)c2)c1)c1ccc2c(c1)OCCO2. The van der Waals surface area contributed by atoms with Crippen molar-refractivity contribution in [2.45, 2.75) is 77.5 Å². The van der Waals surface area contributed by atoms with Gasteiger partial charge in [-0.2, -0.15) is 13.9 Å². The highest BCUT2D eigenvalue weighted by Gasteiger charge is 2.36. The summed E-state index contributed by atoms with van der Waals surface area (Å²) in [4.78, 5) is 56.5. The van der Waals surface area contributed by atoms with E-state index in [-0.39, 0.29) is 33.9 Å². The number of carbonyl (C=O) groups excluding carboxylic acids is 3. The van der Waals surface area contributed by atoms with Crippen LogP contribution in [0.4, 0.5) is 8.78 Å². The molecule has 9 rings (SSSR count). The zero-order valence-electron chi connectivity index (χ0n) is 47.3. The summed E-state index contributed by atoms with van der Waals surface area (Å²) in [6, 6.07) is 27.1. The Bertz CT molecular complexity index is 3570. The molecule has 0 spiro atoms. The van der Waals surface area contributed by atoms with Crippen LogP contribution in [-0.2, 0) is 37.0 Å². The minimum atomic E-state index is -3.58. The van der Waals surface area contributed by atoms with E-state index in [1.54, 1.807) is 84.5 Å². The number of carbonyl (C=O) groups is 3. The highest BCUT2D eigenvalue weighted by Crippen LogP contribution is 2.36. The first kappa shape index (κ1) is 62.9. The smallest absolute Gasteiger partial charge is 0.321 e. The number of nitrogens with zero attached hydrogens (tertiary/aromatic N) is 4. The highest BCUT2D eigenvalue weighted by molar-refractivity contribution is 7.91. The molecule has 24 heteroatoms. The summed E-state index contributed by atoms with van der Waals surface area (Å²) in [5, 5.41) is 24.5. The fourth-order valence-corrected chi connectivity index (χ4v) is 12.6. The molecule has 3 atom stereocenters. The average Bonchev–Trinajstić information content (AvgIpc) is 3.27. The fraction of sp³-hybridized carbons (Fsp3) is 0.417. The molecule has 5 aromatic carbocycles. The van der Waals surface area contributed by atoms with Crippen LogP contribution >= 0.6 is 22.9 Å². The van der Waals surface area contributed by atoms with Gasteiger partial charge in [0.2, 0.25) is 5.91 Å². The quantitative estimate of drug-likeness (QED) is 0.0325. The number of benzene rings is 5. The Kier molecular flexibility index (Phi) is 21.8. The first-order valence-electron chi connectivity index (χ1n) is 28.0. The summed E-state index contributed by atoms with van der Waals surface area (Å²) in [6.45, 7) is 13.5. The summed E-state index contributed by atoms with van der Waals surface area (Å²) in [7, 11) is -3.14. The third-order valence-corrected chi connectivity index (χ3v) is 17.4. The van der Waals surface area contributed by atoms with Crippen molar-refractivity contribution in [1.29, 1.82) is 0 Å². The molecule has 0 aliphatic carbocycles. The van der Waals surface area contributed by atoms with E-state index in [1.807, 2.05) is 35.2 Å². The van der Waals surface area contributed by atoms with Crippen LogP contribution in [0.5, 0.6) is 23.0 Å². The highest BCUT2D eigenvalue weighted by atomic mass is 35.5.